The zero-order valence-corrected chi connectivity index (χ0v) is 12.5. The predicted octanol–water partition coefficient (Wildman–Crippen LogP) is 1.83. The van der Waals surface area contributed by atoms with Crippen molar-refractivity contribution in [3.8, 4) is 0 Å². The highest BCUT2D eigenvalue weighted by Crippen LogP contribution is 2.23. The number of hydrogen-bond donors (Lipinski definition) is 0. The van der Waals surface area contributed by atoms with E-state index >= 15 is 0 Å². The van der Waals surface area contributed by atoms with Crippen molar-refractivity contribution in [2.24, 2.45) is 5.92 Å². The Morgan fingerprint density at radius 2 is 2.10 bits per heavy atom. The predicted molar refractivity (Wildman–Crippen MR) is 76.7 cm³/mol. The molecule has 0 spiro atoms. The van der Waals surface area contributed by atoms with E-state index in [0.717, 1.165) is 5.03 Å². The standard InChI is InChI=1S/C14H18N2O3S/c1-19-14(18)10-5-8-16(9-6-10)13(17)11-4-3-7-15-12(11)20-2/h3-4,7,10H,5-6,8-9H2,1-2H3. The first-order valence-corrected chi connectivity index (χ1v) is 7.76. The summed E-state index contributed by atoms with van der Waals surface area (Å²) < 4.78 is 4.75. The molecule has 6 heteroatoms. The first-order chi connectivity index (χ1) is 9.67. The number of aromatic nitrogens is 1. The van der Waals surface area contributed by atoms with Gasteiger partial charge in [0.1, 0.15) is 5.03 Å². The van der Waals surface area contributed by atoms with Crippen molar-refractivity contribution >= 4 is 23.6 Å². The van der Waals surface area contributed by atoms with E-state index in [1.54, 1.807) is 23.2 Å². The Morgan fingerprint density at radius 1 is 1.40 bits per heavy atom. The lowest BCUT2D eigenvalue weighted by atomic mass is 9.96. The topological polar surface area (TPSA) is 59.5 Å². The van der Waals surface area contributed by atoms with Crippen molar-refractivity contribution in [3.63, 3.8) is 0 Å². The monoisotopic (exact) mass is 294 g/mol. The Kier molecular flexibility index (Phi) is 5.00. The highest BCUT2D eigenvalue weighted by atomic mass is 32.2. The van der Waals surface area contributed by atoms with Gasteiger partial charge in [-0.15, -0.1) is 11.8 Å². The molecule has 1 aliphatic heterocycles. The summed E-state index contributed by atoms with van der Waals surface area (Å²) in [7, 11) is 1.40. The molecule has 108 valence electrons. The van der Waals surface area contributed by atoms with Crippen LogP contribution in [0.4, 0.5) is 0 Å². The highest BCUT2D eigenvalue weighted by molar-refractivity contribution is 7.98. The third kappa shape index (κ3) is 3.12. The Labute approximate surface area is 122 Å². The molecule has 1 aliphatic rings. The van der Waals surface area contributed by atoms with Gasteiger partial charge < -0.3 is 9.64 Å². The number of rotatable bonds is 3. The van der Waals surface area contributed by atoms with Crippen molar-refractivity contribution in [2.75, 3.05) is 26.5 Å². The quantitative estimate of drug-likeness (QED) is 0.629. The number of pyridine rings is 1. The molecule has 0 aliphatic carbocycles. The minimum atomic E-state index is -0.178. The molecule has 0 saturated carbocycles. The molecular formula is C14H18N2O3S. The summed E-state index contributed by atoms with van der Waals surface area (Å²) in [6.45, 7) is 1.17. The van der Waals surface area contributed by atoms with Gasteiger partial charge in [-0.3, -0.25) is 9.59 Å². The van der Waals surface area contributed by atoms with Crippen molar-refractivity contribution in [1.82, 2.24) is 9.88 Å². The smallest absolute Gasteiger partial charge is 0.308 e. The van der Waals surface area contributed by atoms with Crippen LogP contribution < -0.4 is 0 Å². The van der Waals surface area contributed by atoms with Gasteiger partial charge >= 0.3 is 5.97 Å². The van der Waals surface area contributed by atoms with Gasteiger partial charge in [-0.25, -0.2) is 4.98 Å². The van der Waals surface area contributed by atoms with Gasteiger partial charge in [-0.2, -0.15) is 0 Å². The van der Waals surface area contributed by atoms with E-state index < -0.39 is 0 Å². The SMILES string of the molecule is COC(=O)C1CCN(C(=O)c2cccnc2SC)CC1. The van der Waals surface area contributed by atoms with E-state index in [9.17, 15) is 9.59 Å². The number of carbonyl (C=O) groups excluding carboxylic acids is 2. The number of nitrogens with zero attached hydrogens (tertiary/aromatic N) is 2. The molecule has 20 heavy (non-hydrogen) atoms. The number of likely N-dealkylation sites (tertiary alicyclic amines) is 1. The van der Waals surface area contributed by atoms with Crippen LogP contribution in [0, 0.1) is 5.92 Å². The Hall–Kier alpha value is -1.56. The van der Waals surface area contributed by atoms with Crippen LogP contribution in [-0.2, 0) is 9.53 Å². The van der Waals surface area contributed by atoms with Crippen LogP contribution >= 0.6 is 11.8 Å². The minimum absolute atomic E-state index is 0.00855. The van der Waals surface area contributed by atoms with Crippen molar-refractivity contribution < 1.29 is 14.3 Å². The zero-order valence-electron chi connectivity index (χ0n) is 11.7. The van der Waals surface area contributed by atoms with E-state index in [0.29, 0.717) is 31.5 Å². The summed E-state index contributed by atoms with van der Waals surface area (Å²) in [4.78, 5) is 30.0. The average Bonchev–Trinajstić information content (AvgIpc) is 2.53. The number of carbonyl (C=O) groups is 2. The van der Waals surface area contributed by atoms with Gasteiger partial charge in [0.05, 0.1) is 18.6 Å². The lowest BCUT2D eigenvalue weighted by molar-refractivity contribution is -0.146. The molecule has 0 N–H and O–H groups in total. The molecule has 1 fully saturated rings. The van der Waals surface area contributed by atoms with E-state index in [2.05, 4.69) is 4.98 Å². The fourth-order valence-corrected chi connectivity index (χ4v) is 2.91. The molecule has 0 aromatic carbocycles. The summed E-state index contributed by atoms with van der Waals surface area (Å²) >= 11 is 1.46. The summed E-state index contributed by atoms with van der Waals surface area (Å²) in [5, 5.41) is 0.743. The number of methoxy groups -OCH3 is 1. The summed E-state index contributed by atoms with van der Waals surface area (Å²) in [6, 6.07) is 3.57. The normalized spacial score (nSPS) is 16.0. The second-order valence-electron chi connectivity index (χ2n) is 4.65. The summed E-state index contributed by atoms with van der Waals surface area (Å²) in [5.74, 6) is -0.271. The van der Waals surface area contributed by atoms with Crippen LogP contribution in [0.5, 0.6) is 0 Å². The van der Waals surface area contributed by atoms with Gasteiger partial charge in [-0.05, 0) is 31.2 Å². The third-order valence-electron chi connectivity index (χ3n) is 3.51. The maximum atomic E-state index is 12.5. The van der Waals surface area contributed by atoms with Gasteiger partial charge in [0.25, 0.3) is 5.91 Å². The Balaban J connectivity index is 2.03. The summed E-state index contributed by atoms with van der Waals surface area (Å²) in [5.41, 5.74) is 0.636. The second kappa shape index (κ2) is 6.74. The van der Waals surface area contributed by atoms with Crippen LogP contribution in [0.1, 0.15) is 23.2 Å². The first kappa shape index (κ1) is 14.8. The zero-order chi connectivity index (χ0) is 14.5. The molecule has 1 saturated heterocycles. The molecule has 1 aromatic rings. The van der Waals surface area contributed by atoms with Gasteiger partial charge in [0.2, 0.25) is 0 Å². The third-order valence-corrected chi connectivity index (χ3v) is 4.22. The average molecular weight is 294 g/mol. The number of hydrogen-bond acceptors (Lipinski definition) is 5. The number of esters is 1. The lowest BCUT2D eigenvalue weighted by Gasteiger charge is -2.31. The lowest BCUT2D eigenvalue weighted by Crippen LogP contribution is -2.40. The largest absolute Gasteiger partial charge is 0.469 e. The molecule has 0 atom stereocenters. The van der Waals surface area contributed by atoms with Crippen LogP contribution in [0.25, 0.3) is 0 Å². The van der Waals surface area contributed by atoms with Crippen molar-refractivity contribution in [1.29, 1.82) is 0 Å². The second-order valence-corrected chi connectivity index (χ2v) is 5.44. The Bertz CT molecular complexity index is 499. The fourth-order valence-electron chi connectivity index (χ4n) is 2.37. The maximum absolute atomic E-state index is 12.5. The van der Waals surface area contributed by atoms with E-state index in [1.165, 1.54) is 18.9 Å². The van der Waals surface area contributed by atoms with Crippen LogP contribution in [0.15, 0.2) is 23.4 Å². The molecular weight excluding hydrogens is 276 g/mol. The fraction of sp³-hybridized carbons (Fsp3) is 0.500. The number of piperidine rings is 1. The first-order valence-electron chi connectivity index (χ1n) is 6.53. The summed E-state index contributed by atoms with van der Waals surface area (Å²) in [6.07, 6.45) is 4.91. The molecule has 0 radical (unpaired) electrons. The maximum Gasteiger partial charge on any atom is 0.308 e. The van der Waals surface area contributed by atoms with Gasteiger partial charge in [0.15, 0.2) is 0 Å². The molecule has 0 unspecified atom stereocenters. The molecule has 5 nitrogen and oxygen atoms in total. The molecule has 0 bridgehead atoms. The number of amides is 1. The molecule has 1 amide bonds. The van der Waals surface area contributed by atoms with E-state index in [4.69, 9.17) is 4.74 Å². The van der Waals surface area contributed by atoms with Crippen LogP contribution in [0.2, 0.25) is 0 Å². The van der Waals surface area contributed by atoms with Crippen molar-refractivity contribution in [3.05, 3.63) is 23.9 Å². The van der Waals surface area contributed by atoms with Gasteiger partial charge in [0, 0.05) is 19.3 Å². The van der Waals surface area contributed by atoms with Crippen molar-refractivity contribution in [2.45, 2.75) is 17.9 Å². The Morgan fingerprint density at radius 3 is 2.70 bits per heavy atom. The van der Waals surface area contributed by atoms with Crippen LogP contribution in [0.3, 0.4) is 0 Å². The van der Waals surface area contributed by atoms with Gasteiger partial charge in [-0.1, -0.05) is 0 Å². The highest BCUT2D eigenvalue weighted by Gasteiger charge is 2.29. The molecule has 1 aromatic heterocycles. The minimum Gasteiger partial charge on any atom is -0.469 e. The van der Waals surface area contributed by atoms with E-state index in [-0.39, 0.29) is 17.8 Å². The molecule has 2 heterocycles. The number of ether oxygens (including phenoxy) is 1. The van der Waals surface area contributed by atoms with Crippen LogP contribution in [-0.4, -0.2) is 48.2 Å². The molecule has 2 rings (SSSR count). The number of thioether (sulfide) groups is 1. The van der Waals surface area contributed by atoms with E-state index in [1.807, 2.05) is 6.26 Å².